The molecule has 0 aliphatic carbocycles. The largest absolute Gasteiger partial charge is 0.497 e. The van der Waals surface area contributed by atoms with Gasteiger partial charge in [-0.2, -0.15) is 0 Å². The lowest BCUT2D eigenvalue weighted by Crippen LogP contribution is -2.37. The van der Waals surface area contributed by atoms with Gasteiger partial charge < -0.3 is 15.0 Å². The third-order valence-corrected chi connectivity index (χ3v) is 6.49. The number of ether oxygens (including phenoxy) is 1. The second-order valence-corrected chi connectivity index (χ2v) is 9.64. The minimum absolute atomic E-state index is 0.0148. The van der Waals surface area contributed by atoms with E-state index < -0.39 is 0 Å². The van der Waals surface area contributed by atoms with Crippen LogP contribution in [-0.4, -0.2) is 53.1 Å². The molecule has 0 bridgehead atoms. The first-order valence-corrected chi connectivity index (χ1v) is 12.6. The van der Waals surface area contributed by atoms with Crippen LogP contribution in [0.1, 0.15) is 45.1 Å². The number of nitrogens with one attached hydrogen (secondary N) is 1. The molecule has 186 valence electrons. The Balaban J connectivity index is 1.64. The maximum Gasteiger partial charge on any atom is 0.262 e. The van der Waals surface area contributed by atoms with Gasteiger partial charge in [-0.25, -0.2) is 4.98 Å². The lowest BCUT2D eigenvalue weighted by molar-refractivity contribution is -0.122. The van der Waals surface area contributed by atoms with Crippen LogP contribution >= 0.6 is 0 Å². The average Bonchev–Trinajstić information content (AvgIpc) is 3.37. The van der Waals surface area contributed by atoms with Crippen LogP contribution in [0, 0.1) is 0 Å². The summed E-state index contributed by atoms with van der Waals surface area (Å²) in [4.78, 5) is 33.7. The normalized spacial score (nSPS) is 14.1. The molecule has 1 amide bonds. The van der Waals surface area contributed by atoms with Crippen molar-refractivity contribution < 1.29 is 9.53 Å². The highest BCUT2D eigenvalue weighted by Crippen LogP contribution is 2.24. The molecule has 1 aliphatic rings. The molecule has 1 aromatic heterocycles. The third kappa shape index (κ3) is 6.28. The van der Waals surface area contributed by atoms with E-state index in [1.807, 2.05) is 50.2 Å². The lowest BCUT2D eigenvalue weighted by atomic mass is 10.1. The van der Waals surface area contributed by atoms with Crippen LogP contribution < -0.4 is 15.6 Å². The number of aromatic nitrogens is 2. The summed E-state index contributed by atoms with van der Waals surface area (Å²) in [5.41, 5.74) is 2.29. The predicted octanol–water partition coefficient (Wildman–Crippen LogP) is 4.02. The number of unbranched alkanes of at least 4 members (excludes halogenated alkanes) is 1. The summed E-state index contributed by atoms with van der Waals surface area (Å²) in [5, 5.41) is 3.43. The van der Waals surface area contributed by atoms with E-state index in [4.69, 9.17) is 9.72 Å². The van der Waals surface area contributed by atoms with Gasteiger partial charge in [-0.3, -0.25) is 14.2 Å². The molecule has 1 fully saturated rings. The summed E-state index contributed by atoms with van der Waals surface area (Å²) in [6.45, 7) is 7.31. The van der Waals surface area contributed by atoms with Crippen LogP contribution in [-0.2, 0) is 17.8 Å². The van der Waals surface area contributed by atoms with Gasteiger partial charge in [-0.1, -0.05) is 18.2 Å². The van der Waals surface area contributed by atoms with Crippen molar-refractivity contribution in [3.05, 3.63) is 58.4 Å². The quantitative estimate of drug-likeness (QED) is 0.448. The number of rotatable bonds is 10. The maximum atomic E-state index is 13.7. The molecule has 4 rings (SSSR count). The lowest BCUT2D eigenvalue weighted by Gasteiger charge is -2.16. The molecular formula is C28H36N4O3. The monoisotopic (exact) mass is 476 g/mol. The molecule has 1 saturated heterocycles. The predicted molar refractivity (Wildman–Crippen MR) is 140 cm³/mol. The van der Waals surface area contributed by atoms with E-state index in [-0.39, 0.29) is 24.1 Å². The second kappa shape index (κ2) is 11.5. The number of methoxy groups -OCH3 is 1. The third-order valence-electron chi connectivity index (χ3n) is 6.49. The second-order valence-electron chi connectivity index (χ2n) is 9.64. The SMILES string of the molecule is COc1cccc(-c2nc3ccc(CCCCN4CCCC4)cc3c(=O)n2CC(=O)NC(C)C)c1. The van der Waals surface area contributed by atoms with Crippen LogP contribution in [0.5, 0.6) is 5.75 Å². The van der Waals surface area contributed by atoms with E-state index >= 15 is 0 Å². The van der Waals surface area contributed by atoms with E-state index in [1.165, 1.54) is 30.5 Å². The van der Waals surface area contributed by atoms with E-state index in [0.29, 0.717) is 22.5 Å². The molecule has 3 aromatic rings. The van der Waals surface area contributed by atoms with Gasteiger partial charge in [0, 0.05) is 11.6 Å². The van der Waals surface area contributed by atoms with Crippen molar-refractivity contribution in [2.75, 3.05) is 26.7 Å². The first-order valence-electron chi connectivity index (χ1n) is 12.6. The zero-order valence-electron chi connectivity index (χ0n) is 21.0. The molecule has 0 spiro atoms. The van der Waals surface area contributed by atoms with Gasteiger partial charge in [0.1, 0.15) is 18.1 Å². The highest BCUT2D eigenvalue weighted by molar-refractivity contribution is 5.82. The Morgan fingerprint density at radius 1 is 1.11 bits per heavy atom. The topological polar surface area (TPSA) is 76.5 Å². The molecule has 0 saturated carbocycles. The van der Waals surface area contributed by atoms with Crippen LogP contribution in [0.3, 0.4) is 0 Å². The van der Waals surface area contributed by atoms with Crippen molar-refractivity contribution in [2.24, 2.45) is 0 Å². The number of carbonyl (C=O) groups excluding carboxylic acids is 1. The number of likely N-dealkylation sites (tertiary alicyclic amines) is 1. The van der Waals surface area contributed by atoms with E-state index in [9.17, 15) is 9.59 Å². The number of benzene rings is 2. The number of fused-ring (bicyclic) bond motifs is 1. The van der Waals surface area contributed by atoms with E-state index in [1.54, 1.807) is 7.11 Å². The standard InChI is InChI=1S/C28H36N4O3/c1-20(2)29-26(33)19-32-27(22-10-8-11-23(18-22)35-3)30-25-13-12-21(17-24(25)28(32)34)9-4-5-14-31-15-6-7-16-31/h8,10-13,17-18,20H,4-7,9,14-16,19H2,1-3H3,(H,29,33). The highest BCUT2D eigenvalue weighted by atomic mass is 16.5. The smallest absolute Gasteiger partial charge is 0.262 e. The maximum absolute atomic E-state index is 13.7. The Kier molecular flexibility index (Phi) is 8.18. The van der Waals surface area contributed by atoms with Gasteiger partial charge in [0.2, 0.25) is 5.91 Å². The Morgan fingerprint density at radius 3 is 2.66 bits per heavy atom. The fourth-order valence-corrected chi connectivity index (χ4v) is 4.73. The molecule has 2 aromatic carbocycles. The van der Waals surface area contributed by atoms with Crippen LogP contribution in [0.25, 0.3) is 22.3 Å². The molecule has 1 aliphatic heterocycles. The zero-order valence-corrected chi connectivity index (χ0v) is 21.0. The van der Waals surface area contributed by atoms with Crippen molar-refractivity contribution in [1.29, 1.82) is 0 Å². The Bertz CT molecular complexity index is 1230. The molecule has 7 heteroatoms. The van der Waals surface area contributed by atoms with Crippen LogP contribution in [0.4, 0.5) is 0 Å². The van der Waals surface area contributed by atoms with Crippen molar-refractivity contribution in [1.82, 2.24) is 19.8 Å². The van der Waals surface area contributed by atoms with E-state index in [0.717, 1.165) is 36.9 Å². The van der Waals surface area contributed by atoms with Crippen molar-refractivity contribution >= 4 is 16.8 Å². The first-order chi connectivity index (χ1) is 16.9. The number of amides is 1. The van der Waals surface area contributed by atoms with Gasteiger partial charge in [-0.05, 0) is 95.4 Å². The Labute approximate surface area is 207 Å². The number of hydrogen-bond acceptors (Lipinski definition) is 5. The van der Waals surface area contributed by atoms with Crippen molar-refractivity contribution in [3.63, 3.8) is 0 Å². The van der Waals surface area contributed by atoms with Crippen molar-refractivity contribution in [2.45, 2.75) is 58.5 Å². The minimum atomic E-state index is -0.217. The summed E-state index contributed by atoms with van der Waals surface area (Å²) < 4.78 is 6.84. The Morgan fingerprint density at radius 2 is 1.91 bits per heavy atom. The van der Waals surface area contributed by atoms with E-state index in [2.05, 4.69) is 16.3 Å². The summed E-state index contributed by atoms with van der Waals surface area (Å²) in [6.07, 6.45) is 5.80. The summed E-state index contributed by atoms with van der Waals surface area (Å²) >= 11 is 0. The summed E-state index contributed by atoms with van der Waals surface area (Å²) in [6, 6.07) is 13.3. The molecule has 0 unspecified atom stereocenters. The number of hydrogen-bond donors (Lipinski definition) is 1. The van der Waals surface area contributed by atoms with Gasteiger partial charge in [0.05, 0.1) is 18.0 Å². The summed E-state index contributed by atoms with van der Waals surface area (Å²) in [5.74, 6) is 0.906. The first kappa shape index (κ1) is 24.9. The highest BCUT2D eigenvalue weighted by Gasteiger charge is 2.17. The molecule has 35 heavy (non-hydrogen) atoms. The zero-order chi connectivity index (χ0) is 24.8. The van der Waals surface area contributed by atoms with Crippen LogP contribution in [0.15, 0.2) is 47.3 Å². The fraction of sp³-hybridized carbons (Fsp3) is 0.464. The van der Waals surface area contributed by atoms with Gasteiger partial charge in [0.25, 0.3) is 5.56 Å². The molecular weight excluding hydrogens is 440 g/mol. The summed E-state index contributed by atoms with van der Waals surface area (Å²) in [7, 11) is 1.60. The molecule has 0 atom stereocenters. The number of carbonyl (C=O) groups is 1. The van der Waals surface area contributed by atoms with Crippen molar-refractivity contribution in [3.8, 4) is 17.1 Å². The van der Waals surface area contributed by atoms with Gasteiger partial charge in [-0.15, -0.1) is 0 Å². The van der Waals surface area contributed by atoms with Gasteiger partial charge in [0.15, 0.2) is 0 Å². The molecule has 1 N–H and O–H groups in total. The fourth-order valence-electron chi connectivity index (χ4n) is 4.73. The Hall–Kier alpha value is -3.19. The number of nitrogens with zero attached hydrogens (tertiary/aromatic N) is 3. The molecule has 2 heterocycles. The molecule has 0 radical (unpaired) electrons. The van der Waals surface area contributed by atoms with Crippen LogP contribution in [0.2, 0.25) is 0 Å². The van der Waals surface area contributed by atoms with Gasteiger partial charge >= 0.3 is 0 Å². The number of aryl methyl sites for hydroxylation is 1. The molecule has 7 nitrogen and oxygen atoms in total. The minimum Gasteiger partial charge on any atom is -0.497 e. The average molecular weight is 477 g/mol.